The quantitative estimate of drug-likeness (QED) is 0.776. The van der Waals surface area contributed by atoms with Crippen molar-refractivity contribution < 1.29 is 0 Å². The fraction of sp³-hybridized carbons (Fsp3) is 0.412. The van der Waals surface area contributed by atoms with Gasteiger partial charge >= 0.3 is 0 Å². The topological polar surface area (TPSA) is 12.0 Å². The summed E-state index contributed by atoms with van der Waals surface area (Å²) >= 11 is 8.04. The first kappa shape index (κ1) is 14.1. The third-order valence-corrected chi connectivity index (χ3v) is 5.35. The van der Waals surface area contributed by atoms with Crippen molar-refractivity contribution in [2.24, 2.45) is 5.92 Å². The lowest BCUT2D eigenvalue weighted by molar-refractivity contribution is 0.504. The first-order valence-electron chi connectivity index (χ1n) is 7.28. The smallest absolute Gasteiger partial charge is 0.0443 e. The highest BCUT2D eigenvalue weighted by Gasteiger charge is 2.32. The van der Waals surface area contributed by atoms with Crippen molar-refractivity contribution in [2.45, 2.75) is 32.7 Å². The van der Waals surface area contributed by atoms with Gasteiger partial charge in [-0.15, -0.1) is 11.3 Å². The number of hydrogen-bond acceptors (Lipinski definition) is 2. The minimum Gasteiger partial charge on any atom is -0.309 e. The zero-order valence-electron chi connectivity index (χ0n) is 11.9. The fourth-order valence-corrected chi connectivity index (χ4v) is 4.10. The lowest BCUT2D eigenvalue weighted by Gasteiger charge is -2.15. The van der Waals surface area contributed by atoms with E-state index >= 15 is 0 Å². The Morgan fingerprint density at radius 1 is 1.30 bits per heavy atom. The van der Waals surface area contributed by atoms with Crippen molar-refractivity contribution in [3.05, 3.63) is 45.8 Å². The summed E-state index contributed by atoms with van der Waals surface area (Å²) in [5.74, 6) is 0.835. The van der Waals surface area contributed by atoms with E-state index in [-0.39, 0.29) is 0 Å². The Morgan fingerprint density at radius 3 is 2.80 bits per heavy atom. The number of halogens is 1. The number of rotatable bonds is 5. The number of thiophene rings is 1. The van der Waals surface area contributed by atoms with Crippen molar-refractivity contribution in [3.63, 3.8) is 0 Å². The SMILES string of the molecule is CCNC(c1ccc(-c2cc(Cl)ccc2C)s1)C1CC1. The van der Waals surface area contributed by atoms with Crippen LogP contribution in [0.15, 0.2) is 30.3 Å². The van der Waals surface area contributed by atoms with Gasteiger partial charge in [0.25, 0.3) is 0 Å². The standard InChI is InChI=1S/C17H20ClNS/c1-3-19-17(12-5-6-12)16-9-8-15(20-16)14-10-13(18)7-4-11(14)2/h4,7-10,12,17,19H,3,5-6H2,1-2H3. The fourth-order valence-electron chi connectivity index (χ4n) is 2.67. The monoisotopic (exact) mass is 305 g/mol. The molecule has 1 aliphatic rings. The summed E-state index contributed by atoms with van der Waals surface area (Å²) in [6.45, 7) is 5.36. The average Bonchev–Trinajstić information content (AvgIpc) is 3.16. The van der Waals surface area contributed by atoms with Gasteiger partial charge in [0.05, 0.1) is 0 Å². The molecule has 2 aromatic rings. The number of aryl methyl sites for hydroxylation is 1. The molecular formula is C17H20ClNS. The van der Waals surface area contributed by atoms with Crippen LogP contribution < -0.4 is 5.32 Å². The van der Waals surface area contributed by atoms with E-state index in [1.54, 1.807) is 0 Å². The van der Waals surface area contributed by atoms with Gasteiger partial charge in [0, 0.05) is 20.8 Å². The van der Waals surface area contributed by atoms with E-state index in [1.165, 1.54) is 33.7 Å². The van der Waals surface area contributed by atoms with Crippen LogP contribution in [0.5, 0.6) is 0 Å². The molecule has 0 bridgehead atoms. The van der Waals surface area contributed by atoms with Gasteiger partial charge in [-0.05, 0) is 67.6 Å². The minimum atomic E-state index is 0.540. The summed E-state index contributed by atoms with van der Waals surface area (Å²) in [6, 6.07) is 11.2. The van der Waals surface area contributed by atoms with E-state index in [0.717, 1.165) is 17.5 Å². The van der Waals surface area contributed by atoms with Crippen LogP contribution in [0.4, 0.5) is 0 Å². The first-order chi connectivity index (χ1) is 9.69. The highest BCUT2D eigenvalue weighted by Crippen LogP contribution is 2.44. The van der Waals surface area contributed by atoms with Crippen molar-refractivity contribution in [3.8, 4) is 10.4 Å². The second kappa shape index (κ2) is 5.88. The molecule has 3 heteroatoms. The molecule has 1 saturated carbocycles. The molecule has 0 spiro atoms. The van der Waals surface area contributed by atoms with Gasteiger partial charge in [-0.2, -0.15) is 0 Å². The Kier molecular flexibility index (Phi) is 4.16. The maximum atomic E-state index is 6.14. The molecule has 1 aromatic carbocycles. The second-order valence-electron chi connectivity index (χ2n) is 5.53. The summed E-state index contributed by atoms with van der Waals surface area (Å²) in [7, 11) is 0. The van der Waals surface area contributed by atoms with Crippen LogP contribution in [-0.4, -0.2) is 6.54 Å². The van der Waals surface area contributed by atoms with Crippen LogP contribution in [0.3, 0.4) is 0 Å². The maximum absolute atomic E-state index is 6.14. The molecular weight excluding hydrogens is 286 g/mol. The summed E-state index contributed by atoms with van der Waals surface area (Å²) in [5.41, 5.74) is 2.55. The van der Waals surface area contributed by atoms with E-state index in [0.29, 0.717) is 6.04 Å². The molecule has 1 nitrogen and oxygen atoms in total. The van der Waals surface area contributed by atoms with Crippen LogP contribution >= 0.6 is 22.9 Å². The molecule has 0 saturated heterocycles. The van der Waals surface area contributed by atoms with Gasteiger partial charge in [-0.1, -0.05) is 24.6 Å². The summed E-state index contributed by atoms with van der Waals surface area (Å²) in [6.07, 6.45) is 2.72. The van der Waals surface area contributed by atoms with E-state index in [4.69, 9.17) is 11.6 Å². The van der Waals surface area contributed by atoms with Crippen LogP contribution in [-0.2, 0) is 0 Å². The van der Waals surface area contributed by atoms with Crippen molar-refractivity contribution >= 4 is 22.9 Å². The molecule has 1 heterocycles. The zero-order chi connectivity index (χ0) is 14.1. The Hall–Kier alpha value is -0.830. The summed E-state index contributed by atoms with van der Waals surface area (Å²) < 4.78 is 0. The minimum absolute atomic E-state index is 0.540. The summed E-state index contributed by atoms with van der Waals surface area (Å²) in [5, 5.41) is 4.45. The van der Waals surface area contributed by atoms with Gasteiger partial charge in [0.1, 0.15) is 0 Å². The Bertz CT molecular complexity index is 601. The van der Waals surface area contributed by atoms with Crippen molar-refractivity contribution in [1.82, 2.24) is 5.32 Å². The van der Waals surface area contributed by atoms with E-state index in [1.807, 2.05) is 17.4 Å². The Labute approximate surface area is 130 Å². The van der Waals surface area contributed by atoms with Crippen LogP contribution in [0, 0.1) is 12.8 Å². The predicted octanol–water partition coefficient (Wildman–Crippen LogP) is 5.44. The van der Waals surface area contributed by atoms with Crippen LogP contribution in [0.25, 0.3) is 10.4 Å². The lowest BCUT2D eigenvalue weighted by Crippen LogP contribution is -2.21. The largest absolute Gasteiger partial charge is 0.309 e. The van der Waals surface area contributed by atoms with Crippen LogP contribution in [0.2, 0.25) is 5.02 Å². The number of nitrogens with one attached hydrogen (secondary N) is 1. The lowest BCUT2D eigenvalue weighted by atomic mass is 10.1. The number of benzene rings is 1. The molecule has 0 aliphatic heterocycles. The van der Waals surface area contributed by atoms with E-state index in [2.05, 4.69) is 43.4 Å². The third-order valence-electron chi connectivity index (χ3n) is 3.92. The molecule has 20 heavy (non-hydrogen) atoms. The highest BCUT2D eigenvalue weighted by atomic mass is 35.5. The molecule has 1 aliphatic carbocycles. The van der Waals surface area contributed by atoms with Gasteiger partial charge in [-0.3, -0.25) is 0 Å². The van der Waals surface area contributed by atoms with Crippen molar-refractivity contribution in [1.29, 1.82) is 0 Å². The molecule has 1 aromatic heterocycles. The zero-order valence-corrected chi connectivity index (χ0v) is 13.5. The third kappa shape index (κ3) is 2.93. The van der Waals surface area contributed by atoms with Gasteiger partial charge in [-0.25, -0.2) is 0 Å². The highest BCUT2D eigenvalue weighted by molar-refractivity contribution is 7.15. The molecule has 106 valence electrons. The maximum Gasteiger partial charge on any atom is 0.0443 e. The molecule has 0 radical (unpaired) electrons. The van der Waals surface area contributed by atoms with Gasteiger partial charge < -0.3 is 5.32 Å². The Morgan fingerprint density at radius 2 is 2.10 bits per heavy atom. The van der Waals surface area contributed by atoms with Gasteiger partial charge in [0.15, 0.2) is 0 Å². The Balaban J connectivity index is 1.90. The molecule has 0 amide bonds. The second-order valence-corrected chi connectivity index (χ2v) is 7.09. The summed E-state index contributed by atoms with van der Waals surface area (Å²) in [4.78, 5) is 2.78. The van der Waals surface area contributed by atoms with Crippen LogP contribution in [0.1, 0.15) is 36.2 Å². The normalized spacial score (nSPS) is 16.4. The molecule has 1 N–H and O–H groups in total. The number of hydrogen-bond donors (Lipinski definition) is 1. The molecule has 1 fully saturated rings. The molecule has 1 atom stereocenters. The first-order valence-corrected chi connectivity index (χ1v) is 8.48. The average molecular weight is 306 g/mol. The molecule has 1 unspecified atom stereocenters. The van der Waals surface area contributed by atoms with E-state index in [9.17, 15) is 0 Å². The van der Waals surface area contributed by atoms with Gasteiger partial charge in [0.2, 0.25) is 0 Å². The van der Waals surface area contributed by atoms with Crippen molar-refractivity contribution in [2.75, 3.05) is 6.54 Å². The molecule has 3 rings (SSSR count). The predicted molar refractivity (Wildman–Crippen MR) is 88.6 cm³/mol. The van der Waals surface area contributed by atoms with E-state index < -0.39 is 0 Å².